The van der Waals surface area contributed by atoms with Crippen LogP contribution >= 0.6 is 0 Å². The van der Waals surface area contributed by atoms with Crippen molar-refractivity contribution in [2.45, 2.75) is 44.8 Å². The number of rotatable bonds is 10. The number of carbonyl (C=O) groups is 1. The van der Waals surface area contributed by atoms with Crippen molar-refractivity contribution in [2.24, 2.45) is 0 Å². The first kappa shape index (κ1) is 25.1. The van der Waals surface area contributed by atoms with E-state index in [1.54, 1.807) is 30.5 Å². The highest BCUT2D eigenvalue weighted by atomic mass is 19.4. The van der Waals surface area contributed by atoms with Crippen LogP contribution in [0.15, 0.2) is 54.7 Å². The number of nitrogens with one attached hydrogen (secondary N) is 1. The van der Waals surface area contributed by atoms with Crippen molar-refractivity contribution in [1.82, 2.24) is 10.2 Å². The summed E-state index contributed by atoms with van der Waals surface area (Å²) in [6, 6.07) is 12.4. The number of H-pyrrole nitrogens is 1. The summed E-state index contributed by atoms with van der Waals surface area (Å²) in [6.07, 6.45) is -4.58. The number of halogens is 3. The normalized spacial score (nSPS) is 13.5. The number of alkyl halides is 3. The highest BCUT2D eigenvalue weighted by Gasteiger charge is 2.31. The lowest BCUT2D eigenvalue weighted by Gasteiger charge is -2.22. The van der Waals surface area contributed by atoms with E-state index in [9.17, 15) is 18.0 Å². The number of aromatic nitrogens is 2. The van der Waals surface area contributed by atoms with Crippen molar-refractivity contribution in [1.29, 1.82) is 0 Å². The Morgan fingerprint density at radius 3 is 2.21 bits per heavy atom. The maximum atomic E-state index is 12.5. The fourth-order valence-corrected chi connectivity index (χ4v) is 3.46. The Morgan fingerprint density at radius 1 is 1.06 bits per heavy atom. The smallest absolute Gasteiger partial charge is 0.481 e. The number of carboxylic acid groups (broad SMARTS) is 1. The second-order valence-corrected chi connectivity index (χ2v) is 7.92. The minimum absolute atomic E-state index is 0.0980. The molecule has 1 aromatic heterocycles. The molecular formula is C24H25F3N2O5. The fraction of sp³-hybridized carbons (Fsp3) is 0.333. The lowest BCUT2D eigenvalue weighted by Crippen LogP contribution is -2.24. The summed E-state index contributed by atoms with van der Waals surface area (Å²) >= 11 is 0. The number of hydrogen-bond acceptors (Lipinski definition) is 5. The number of carboxylic acids is 1. The van der Waals surface area contributed by atoms with Crippen molar-refractivity contribution < 1.29 is 37.3 Å². The maximum absolute atomic E-state index is 12.5. The molecule has 0 aliphatic heterocycles. The molecule has 1 heterocycles. The minimum Gasteiger partial charge on any atom is -0.481 e. The molecule has 0 saturated carbocycles. The van der Waals surface area contributed by atoms with Crippen LogP contribution in [0.5, 0.6) is 11.5 Å². The van der Waals surface area contributed by atoms with E-state index in [2.05, 4.69) is 14.9 Å². The Balaban J connectivity index is 1.88. The van der Waals surface area contributed by atoms with Gasteiger partial charge in [0, 0.05) is 24.8 Å². The van der Waals surface area contributed by atoms with Crippen molar-refractivity contribution in [3.05, 3.63) is 77.1 Å². The van der Waals surface area contributed by atoms with E-state index in [4.69, 9.17) is 14.6 Å². The molecular weight excluding hydrogens is 453 g/mol. The third-order valence-corrected chi connectivity index (χ3v) is 5.13. The van der Waals surface area contributed by atoms with Crippen molar-refractivity contribution >= 4 is 5.97 Å². The van der Waals surface area contributed by atoms with Gasteiger partial charge in [-0.3, -0.25) is 5.10 Å². The lowest BCUT2D eigenvalue weighted by molar-refractivity contribution is -0.274. The molecule has 0 bridgehead atoms. The van der Waals surface area contributed by atoms with E-state index in [1.165, 1.54) is 31.4 Å². The zero-order chi connectivity index (χ0) is 24.9. The summed E-state index contributed by atoms with van der Waals surface area (Å²) in [6.45, 7) is 3.97. The summed E-state index contributed by atoms with van der Waals surface area (Å²) in [5, 5.41) is 16.2. The summed E-state index contributed by atoms with van der Waals surface area (Å²) < 4.78 is 52.8. The highest BCUT2D eigenvalue weighted by molar-refractivity contribution is 5.72. The molecule has 0 amide bonds. The summed E-state index contributed by atoms with van der Waals surface area (Å²) in [5.74, 6) is -0.797. The van der Waals surface area contributed by atoms with Crippen molar-refractivity contribution in [2.75, 3.05) is 7.11 Å². The molecule has 2 atom stereocenters. The van der Waals surface area contributed by atoms with Crippen LogP contribution in [-0.4, -0.2) is 40.8 Å². The molecule has 182 valence electrons. The quantitative estimate of drug-likeness (QED) is 0.414. The second-order valence-electron chi connectivity index (χ2n) is 7.92. The molecule has 10 heteroatoms. The molecule has 0 aliphatic carbocycles. The fourth-order valence-electron chi connectivity index (χ4n) is 3.46. The topological polar surface area (TPSA) is 93.7 Å². The van der Waals surface area contributed by atoms with Gasteiger partial charge in [0.15, 0.2) is 12.2 Å². The van der Waals surface area contributed by atoms with Gasteiger partial charge in [-0.05, 0) is 41.3 Å². The minimum atomic E-state index is -4.78. The number of hydrogen-bond donors (Lipinski definition) is 2. The van der Waals surface area contributed by atoms with Crippen LogP contribution in [-0.2, 0) is 16.0 Å². The molecule has 0 fully saturated rings. The van der Waals surface area contributed by atoms with Crippen LogP contribution in [0.2, 0.25) is 0 Å². The van der Waals surface area contributed by atoms with Crippen LogP contribution in [0.25, 0.3) is 0 Å². The summed E-state index contributed by atoms with van der Waals surface area (Å²) in [5.41, 5.74) is 2.93. The van der Waals surface area contributed by atoms with Gasteiger partial charge in [-0.25, -0.2) is 4.79 Å². The molecule has 0 radical (unpaired) electrons. The van der Waals surface area contributed by atoms with Gasteiger partial charge in [-0.1, -0.05) is 38.1 Å². The average Bonchev–Trinajstić information content (AvgIpc) is 3.26. The molecule has 0 aliphatic rings. The third kappa shape index (κ3) is 6.50. The first-order valence-corrected chi connectivity index (χ1v) is 10.5. The number of aliphatic carboxylic acids is 1. The molecule has 7 nitrogen and oxygen atoms in total. The van der Waals surface area contributed by atoms with E-state index >= 15 is 0 Å². The Labute approximate surface area is 194 Å². The van der Waals surface area contributed by atoms with Gasteiger partial charge < -0.3 is 19.3 Å². The van der Waals surface area contributed by atoms with E-state index < -0.39 is 24.5 Å². The van der Waals surface area contributed by atoms with E-state index in [0.29, 0.717) is 11.3 Å². The number of ether oxygens (including phenoxy) is 3. The molecule has 34 heavy (non-hydrogen) atoms. The predicted octanol–water partition coefficient (Wildman–Crippen LogP) is 5.24. The monoisotopic (exact) mass is 478 g/mol. The van der Waals surface area contributed by atoms with Gasteiger partial charge in [-0.2, -0.15) is 5.10 Å². The SMILES string of the molecule is COC(Cc1ccc(OC(c2ccc(OC(F)(F)F)cc2)c2cn[nH]c2C(C)C)cc1)C(=O)O. The molecule has 3 rings (SSSR count). The van der Waals surface area contributed by atoms with Crippen LogP contribution in [0.3, 0.4) is 0 Å². The zero-order valence-electron chi connectivity index (χ0n) is 18.8. The molecule has 0 saturated heterocycles. The Bertz CT molecular complexity index is 1080. The van der Waals surface area contributed by atoms with Crippen molar-refractivity contribution in [3.63, 3.8) is 0 Å². The molecule has 2 N–H and O–H groups in total. The van der Waals surface area contributed by atoms with Crippen LogP contribution in [0.1, 0.15) is 48.3 Å². The summed E-state index contributed by atoms with van der Waals surface area (Å²) in [4.78, 5) is 11.2. The first-order valence-electron chi connectivity index (χ1n) is 10.5. The molecule has 2 aromatic carbocycles. The number of nitrogens with zero attached hydrogens (tertiary/aromatic N) is 1. The van der Waals surface area contributed by atoms with E-state index in [0.717, 1.165) is 16.8 Å². The van der Waals surface area contributed by atoms with Gasteiger partial charge >= 0.3 is 12.3 Å². The second kappa shape index (κ2) is 10.6. The molecule has 0 spiro atoms. The van der Waals surface area contributed by atoms with Gasteiger partial charge in [0.05, 0.1) is 6.20 Å². The number of benzene rings is 2. The Morgan fingerprint density at radius 2 is 1.68 bits per heavy atom. The summed E-state index contributed by atoms with van der Waals surface area (Å²) in [7, 11) is 1.34. The lowest BCUT2D eigenvalue weighted by atomic mass is 9.97. The molecule has 3 aromatic rings. The van der Waals surface area contributed by atoms with E-state index in [-0.39, 0.29) is 18.1 Å². The van der Waals surface area contributed by atoms with Gasteiger partial charge in [-0.15, -0.1) is 13.2 Å². The van der Waals surface area contributed by atoms with E-state index in [1.807, 2.05) is 13.8 Å². The zero-order valence-corrected chi connectivity index (χ0v) is 18.8. The van der Waals surface area contributed by atoms with Crippen LogP contribution < -0.4 is 9.47 Å². The van der Waals surface area contributed by atoms with Crippen LogP contribution in [0, 0.1) is 0 Å². The Kier molecular flexibility index (Phi) is 7.83. The largest absolute Gasteiger partial charge is 0.573 e. The third-order valence-electron chi connectivity index (χ3n) is 5.13. The number of aromatic amines is 1. The maximum Gasteiger partial charge on any atom is 0.573 e. The van der Waals surface area contributed by atoms with Crippen LogP contribution in [0.4, 0.5) is 13.2 Å². The van der Waals surface area contributed by atoms with Gasteiger partial charge in [0.2, 0.25) is 0 Å². The highest BCUT2D eigenvalue weighted by Crippen LogP contribution is 2.34. The Hall–Kier alpha value is -3.53. The van der Waals surface area contributed by atoms with Gasteiger partial charge in [0.25, 0.3) is 0 Å². The number of methoxy groups -OCH3 is 1. The predicted molar refractivity (Wildman–Crippen MR) is 117 cm³/mol. The first-order chi connectivity index (χ1) is 16.1. The average molecular weight is 478 g/mol. The standard InChI is InChI=1S/C24H25F3N2O5/c1-14(2)21-19(13-28-29-21)22(16-6-10-18(11-7-16)34-24(25,26)27)33-17-8-4-15(5-9-17)12-20(32-3)23(30)31/h4-11,13-14,20,22H,12H2,1-3H3,(H,28,29)(H,30,31). The van der Waals surface area contributed by atoms with Crippen molar-refractivity contribution in [3.8, 4) is 11.5 Å². The van der Waals surface area contributed by atoms with Gasteiger partial charge in [0.1, 0.15) is 11.5 Å². The molecule has 2 unspecified atom stereocenters.